The summed E-state index contributed by atoms with van der Waals surface area (Å²) >= 11 is 5.98. The molecule has 1 fully saturated rings. The van der Waals surface area contributed by atoms with E-state index in [-0.39, 0.29) is 17.7 Å². The second kappa shape index (κ2) is 8.12. The lowest BCUT2D eigenvalue weighted by molar-refractivity contribution is -0.125. The van der Waals surface area contributed by atoms with E-state index in [0.717, 1.165) is 0 Å². The van der Waals surface area contributed by atoms with Gasteiger partial charge in [0.15, 0.2) is 0 Å². The van der Waals surface area contributed by atoms with Crippen LogP contribution >= 0.6 is 11.6 Å². The summed E-state index contributed by atoms with van der Waals surface area (Å²) in [6.45, 7) is 6.36. The first kappa shape index (κ1) is 20.0. The summed E-state index contributed by atoms with van der Waals surface area (Å²) in [4.78, 5) is 34.2. The Morgan fingerprint density at radius 3 is 2.71 bits per heavy atom. The fourth-order valence-electron chi connectivity index (χ4n) is 2.65. The molecule has 1 aliphatic rings. The van der Waals surface area contributed by atoms with Gasteiger partial charge in [0.25, 0.3) is 5.91 Å². The van der Waals surface area contributed by atoms with E-state index in [1.165, 1.54) is 12.3 Å². The highest BCUT2D eigenvalue weighted by Gasteiger charge is 2.21. The van der Waals surface area contributed by atoms with Crippen molar-refractivity contribution in [2.45, 2.75) is 26.4 Å². The zero-order valence-electron chi connectivity index (χ0n) is 15.9. The van der Waals surface area contributed by atoms with Gasteiger partial charge in [0.05, 0.1) is 29.9 Å². The molecule has 3 heterocycles. The Balaban J connectivity index is 1.85. The largest absolute Gasteiger partial charge is 0.444 e. The fourth-order valence-corrected chi connectivity index (χ4v) is 2.80. The molecule has 0 unspecified atom stereocenters. The molecular weight excluding hydrogens is 384 g/mol. The zero-order chi connectivity index (χ0) is 20.3. The second-order valence-corrected chi connectivity index (χ2v) is 7.57. The molecule has 3 rings (SSSR count). The number of anilines is 2. The quantitative estimate of drug-likeness (QED) is 0.787. The highest BCUT2D eigenvalue weighted by molar-refractivity contribution is 6.29. The first-order valence-electron chi connectivity index (χ1n) is 8.73. The van der Waals surface area contributed by atoms with Crippen molar-refractivity contribution in [1.82, 2.24) is 9.97 Å². The molecule has 0 aromatic carbocycles. The summed E-state index contributed by atoms with van der Waals surface area (Å²) in [5, 5.41) is 2.91. The Kier molecular flexibility index (Phi) is 5.81. The Bertz CT molecular complexity index is 880. The number of hydrogen-bond acceptors (Lipinski definition) is 6. The third-order valence-corrected chi connectivity index (χ3v) is 4.03. The maximum absolute atomic E-state index is 12.1. The van der Waals surface area contributed by atoms with Gasteiger partial charge in [-0.2, -0.15) is 0 Å². The average Bonchev–Trinajstić information content (AvgIpc) is 2.61. The van der Waals surface area contributed by atoms with Crippen molar-refractivity contribution in [2.75, 3.05) is 30.0 Å². The molecule has 0 atom stereocenters. The van der Waals surface area contributed by atoms with Gasteiger partial charge in [-0.25, -0.2) is 9.78 Å². The fraction of sp³-hybridized carbons (Fsp3) is 0.368. The molecule has 0 aliphatic carbocycles. The summed E-state index contributed by atoms with van der Waals surface area (Å²) in [7, 11) is 0. The van der Waals surface area contributed by atoms with Crippen LogP contribution in [0.15, 0.2) is 30.6 Å². The van der Waals surface area contributed by atoms with E-state index in [1.54, 1.807) is 44.0 Å². The van der Waals surface area contributed by atoms with Crippen LogP contribution < -0.4 is 10.2 Å². The summed E-state index contributed by atoms with van der Waals surface area (Å²) in [6.07, 6.45) is 2.52. The maximum Gasteiger partial charge on any atom is 0.412 e. The standard InChI is InChI=1S/C19H21ClN4O4/c1-19(2,3)28-18(26)23-15-8-16(20)22-10-13(15)14-5-4-12(9-21-14)24-6-7-27-11-17(24)25/h4-5,8-10H,6-7,11H2,1-3H3,(H,22,23,26). The van der Waals surface area contributed by atoms with Gasteiger partial charge in [-0.15, -0.1) is 0 Å². The Morgan fingerprint density at radius 1 is 1.29 bits per heavy atom. The van der Waals surface area contributed by atoms with Gasteiger partial charge >= 0.3 is 6.09 Å². The smallest absolute Gasteiger partial charge is 0.412 e. The monoisotopic (exact) mass is 404 g/mol. The number of nitrogens with zero attached hydrogens (tertiary/aromatic N) is 3. The molecule has 0 saturated carbocycles. The third kappa shape index (κ3) is 4.96. The first-order valence-corrected chi connectivity index (χ1v) is 9.11. The van der Waals surface area contributed by atoms with Gasteiger partial charge in [0.1, 0.15) is 17.4 Å². The van der Waals surface area contributed by atoms with Crippen molar-refractivity contribution in [1.29, 1.82) is 0 Å². The third-order valence-electron chi connectivity index (χ3n) is 3.83. The van der Waals surface area contributed by atoms with E-state index in [1.807, 2.05) is 0 Å². The normalized spacial score (nSPS) is 14.7. The van der Waals surface area contributed by atoms with Crippen molar-refractivity contribution in [3.05, 3.63) is 35.7 Å². The maximum atomic E-state index is 12.1. The lowest BCUT2D eigenvalue weighted by atomic mass is 10.1. The molecular formula is C19H21ClN4O4. The number of nitrogens with one attached hydrogen (secondary N) is 1. The molecule has 1 aliphatic heterocycles. The lowest BCUT2D eigenvalue weighted by Crippen LogP contribution is -2.41. The Hall–Kier alpha value is -2.71. The highest BCUT2D eigenvalue weighted by Crippen LogP contribution is 2.29. The second-order valence-electron chi connectivity index (χ2n) is 7.18. The number of morpholine rings is 1. The molecule has 8 nitrogen and oxygen atoms in total. The summed E-state index contributed by atoms with van der Waals surface area (Å²) in [5.41, 5.74) is 1.62. The number of carbonyl (C=O) groups excluding carboxylic acids is 2. The van der Waals surface area contributed by atoms with Gasteiger partial charge in [-0.05, 0) is 39.0 Å². The molecule has 2 aromatic heterocycles. The molecule has 148 valence electrons. The molecule has 2 amide bonds. The predicted molar refractivity (Wildman–Crippen MR) is 106 cm³/mol. The number of pyridine rings is 2. The summed E-state index contributed by atoms with van der Waals surface area (Å²) in [6, 6.07) is 5.07. The van der Waals surface area contributed by atoms with Crippen LogP contribution in [0.25, 0.3) is 11.3 Å². The van der Waals surface area contributed by atoms with Crippen molar-refractivity contribution in [3.8, 4) is 11.3 Å². The number of ether oxygens (including phenoxy) is 2. The lowest BCUT2D eigenvalue weighted by Gasteiger charge is -2.26. The van der Waals surface area contributed by atoms with E-state index in [4.69, 9.17) is 21.1 Å². The Morgan fingerprint density at radius 2 is 2.07 bits per heavy atom. The van der Waals surface area contributed by atoms with Gasteiger partial charge in [0, 0.05) is 18.3 Å². The zero-order valence-corrected chi connectivity index (χ0v) is 16.6. The van der Waals surface area contributed by atoms with E-state index in [9.17, 15) is 9.59 Å². The Labute approximate surface area is 167 Å². The first-order chi connectivity index (χ1) is 13.2. The van der Waals surface area contributed by atoms with Crippen LogP contribution in [0.5, 0.6) is 0 Å². The van der Waals surface area contributed by atoms with Gasteiger partial charge < -0.3 is 14.4 Å². The SMILES string of the molecule is CC(C)(C)OC(=O)Nc1cc(Cl)ncc1-c1ccc(N2CCOCC2=O)cn1. The van der Waals surface area contributed by atoms with E-state index in [0.29, 0.717) is 35.8 Å². The summed E-state index contributed by atoms with van der Waals surface area (Å²) in [5.74, 6) is -0.110. The van der Waals surface area contributed by atoms with Crippen molar-refractivity contribution in [3.63, 3.8) is 0 Å². The predicted octanol–water partition coefficient (Wildman–Crippen LogP) is 3.51. The highest BCUT2D eigenvalue weighted by atomic mass is 35.5. The topological polar surface area (TPSA) is 93.6 Å². The molecule has 28 heavy (non-hydrogen) atoms. The van der Waals surface area contributed by atoms with Crippen LogP contribution in [0.3, 0.4) is 0 Å². The van der Waals surface area contributed by atoms with E-state index in [2.05, 4.69) is 15.3 Å². The molecule has 9 heteroatoms. The molecule has 1 saturated heterocycles. The van der Waals surface area contributed by atoms with Crippen LogP contribution in [0, 0.1) is 0 Å². The minimum absolute atomic E-state index is 0.0623. The van der Waals surface area contributed by atoms with Crippen molar-refractivity contribution in [2.24, 2.45) is 0 Å². The van der Waals surface area contributed by atoms with Crippen LogP contribution in [0.1, 0.15) is 20.8 Å². The average molecular weight is 405 g/mol. The van der Waals surface area contributed by atoms with Gasteiger partial charge in [-0.1, -0.05) is 11.6 Å². The molecule has 1 N–H and O–H groups in total. The van der Waals surface area contributed by atoms with Crippen LogP contribution in [0.4, 0.5) is 16.2 Å². The number of aromatic nitrogens is 2. The minimum Gasteiger partial charge on any atom is -0.444 e. The van der Waals surface area contributed by atoms with Crippen LogP contribution in [-0.4, -0.2) is 47.3 Å². The number of halogens is 1. The van der Waals surface area contributed by atoms with Crippen LogP contribution in [-0.2, 0) is 14.3 Å². The molecule has 2 aromatic rings. The molecule has 0 radical (unpaired) electrons. The van der Waals surface area contributed by atoms with Crippen molar-refractivity contribution >= 4 is 35.0 Å². The number of hydrogen-bond donors (Lipinski definition) is 1. The number of rotatable bonds is 3. The van der Waals surface area contributed by atoms with Gasteiger partial charge in [-0.3, -0.25) is 15.1 Å². The van der Waals surface area contributed by atoms with Crippen molar-refractivity contribution < 1.29 is 19.1 Å². The van der Waals surface area contributed by atoms with Crippen LogP contribution in [0.2, 0.25) is 5.15 Å². The number of amides is 2. The van der Waals surface area contributed by atoms with E-state index < -0.39 is 11.7 Å². The summed E-state index contributed by atoms with van der Waals surface area (Å²) < 4.78 is 10.4. The van der Waals surface area contributed by atoms with Gasteiger partial charge in [0.2, 0.25) is 0 Å². The number of carbonyl (C=O) groups is 2. The van der Waals surface area contributed by atoms with E-state index >= 15 is 0 Å². The molecule has 0 bridgehead atoms. The molecule has 0 spiro atoms. The minimum atomic E-state index is -0.633.